The molecule has 0 saturated carbocycles. The molecule has 30 heavy (non-hydrogen) atoms. The zero-order chi connectivity index (χ0) is 20.4. The van der Waals surface area contributed by atoms with Crippen LogP contribution in [-0.2, 0) is 12.8 Å². The molecule has 1 aliphatic carbocycles. The molecule has 6 heteroatoms. The molecule has 0 bridgehead atoms. The molecule has 2 aromatic carbocycles. The summed E-state index contributed by atoms with van der Waals surface area (Å²) in [7, 11) is 0. The summed E-state index contributed by atoms with van der Waals surface area (Å²) < 4.78 is 0. The zero-order valence-corrected chi connectivity index (χ0v) is 16.7. The van der Waals surface area contributed by atoms with Gasteiger partial charge in [0.25, 0.3) is 5.91 Å². The van der Waals surface area contributed by atoms with Crippen molar-refractivity contribution in [1.29, 1.82) is 0 Å². The Bertz CT molecular complexity index is 1490. The van der Waals surface area contributed by atoms with Gasteiger partial charge in [-0.15, -0.1) is 0 Å². The topological polar surface area (TPSA) is 100 Å². The van der Waals surface area contributed by atoms with E-state index in [-0.39, 0.29) is 0 Å². The maximum absolute atomic E-state index is 11.7. The van der Waals surface area contributed by atoms with E-state index in [2.05, 4.69) is 33.4 Å². The molecule has 0 aliphatic heterocycles. The number of H-pyrrole nitrogens is 2. The molecule has 0 atom stereocenters. The maximum atomic E-state index is 11.7. The summed E-state index contributed by atoms with van der Waals surface area (Å²) in [6.07, 6.45) is 4.36. The molecular weight excluding hydrogens is 374 g/mol. The van der Waals surface area contributed by atoms with Crippen molar-refractivity contribution in [1.82, 2.24) is 20.2 Å². The van der Waals surface area contributed by atoms with E-state index in [1.807, 2.05) is 25.1 Å². The molecule has 5 aromatic rings. The van der Waals surface area contributed by atoms with Gasteiger partial charge in [-0.1, -0.05) is 6.07 Å². The first-order chi connectivity index (χ1) is 14.6. The number of fused-ring (bicyclic) bond motifs is 6. The van der Waals surface area contributed by atoms with E-state index in [4.69, 9.17) is 10.7 Å². The highest BCUT2D eigenvalue weighted by atomic mass is 16.1. The summed E-state index contributed by atoms with van der Waals surface area (Å²) in [5.41, 5.74) is 14.7. The summed E-state index contributed by atoms with van der Waals surface area (Å²) in [6, 6.07) is 12.3. The number of amides is 1. The third kappa shape index (κ3) is 2.40. The van der Waals surface area contributed by atoms with Crippen LogP contribution in [0.1, 0.15) is 40.2 Å². The van der Waals surface area contributed by atoms with Crippen molar-refractivity contribution < 1.29 is 4.79 Å². The minimum absolute atomic E-state index is 0.437. The molecule has 0 fully saturated rings. The van der Waals surface area contributed by atoms with Gasteiger partial charge in [0.1, 0.15) is 5.69 Å². The van der Waals surface area contributed by atoms with E-state index < -0.39 is 5.91 Å². The van der Waals surface area contributed by atoms with E-state index in [9.17, 15) is 4.79 Å². The zero-order valence-electron chi connectivity index (χ0n) is 16.7. The van der Waals surface area contributed by atoms with Gasteiger partial charge in [-0.2, -0.15) is 5.10 Å². The second kappa shape index (κ2) is 6.16. The second-order valence-corrected chi connectivity index (χ2v) is 8.16. The molecule has 148 valence electrons. The van der Waals surface area contributed by atoms with Crippen molar-refractivity contribution in [2.75, 3.05) is 0 Å². The van der Waals surface area contributed by atoms with Gasteiger partial charge in [-0.05, 0) is 74.1 Å². The number of primary amides is 1. The van der Waals surface area contributed by atoms with Gasteiger partial charge in [-0.25, -0.2) is 4.98 Å². The normalized spacial score (nSPS) is 13.9. The lowest BCUT2D eigenvalue weighted by molar-refractivity contribution is 0.0996. The van der Waals surface area contributed by atoms with Crippen molar-refractivity contribution >= 4 is 38.6 Å². The third-order valence-electron chi connectivity index (χ3n) is 6.36. The first-order valence-electron chi connectivity index (χ1n) is 10.3. The molecule has 1 aliphatic rings. The molecule has 4 N–H and O–H groups in total. The predicted molar refractivity (Wildman–Crippen MR) is 119 cm³/mol. The van der Waals surface area contributed by atoms with E-state index in [0.717, 1.165) is 75.3 Å². The van der Waals surface area contributed by atoms with E-state index in [1.165, 1.54) is 11.1 Å². The molecule has 0 saturated heterocycles. The summed E-state index contributed by atoms with van der Waals surface area (Å²) in [4.78, 5) is 20.0. The molecule has 0 spiro atoms. The third-order valence-corrected chi connectivity index (χ3v) is 6.36. The SMILES string of the molecule is Cc1n[nH]c2ccc(-c3nc4ccc5[nH]c(C(N)=O)cc5c4c4c3CCCC4)cc12. The number of hydrogen-bond donors (Lipinski definition) is 3. The number of nitrogens with zero attached hydrogens (tertiary/aromatic N) is 2. The van der Waals surface area contributed by atoms with Gasteiger partial charge in [0.05, 0.1) is 22.4 Å². The first kappa shape index (κ1) is 17.2. The minimum Gasteiger partial charge on any atom is -0.364 e. The van der Waals surface area contributed by atoms with Crippen molar-refractivity contribution in [3.63, 3.8) is 0 Å². The maximum Gasteiger partial charge on any atom is 0.265 e. The number of aromatic nitrogens is 4. The minimum atomic E-state index is -0.443. The molecule has 6 nitrogen and oxygen atoms in total. The van der Waals surface area contributed by atoms with Crippen molar-refractivity contribution in [3.05, 3.63) is 58.9 Å². The standard InChI is InChI=1S/C24H21N5O/c1-12-16-10-13(6-7-19(16)29-28-12)23-15-5-3-2-4-14(15)22-17-11-21(24(25)30)26-18(17)8-9-20(22)27-23/h6-11,26H,2-5H2,1H3,(H2,25,30)(H,28,29). The predicted octanol–water partition coefficient (Wildman–Crippen LogP) is 4.55. The van der Waals surface area contributed by atoms with Crippen LogP contribution in [-0.4, -0.2) is 26.1 Å². The van der Waals surface area contributed by atoms with Gasteiger partial charge in [0, 0.05) is 27.2 Å². The lowest BCUT2D eigenvalue weighted by atomic mass is 9.85. The van der Waals surface area contributed by atoms with Gasteiger partial charge in [-0.3, -0.25) is 9.89 Å². The van der Waals surface area contributed by atoms with Crippen LogP contribution < -0.4 is 5.73 Å². The van der Waals surface area contributed by atoms with Crippen LogP contribution in [0, 0.1) is 6.92 Å². The average molecular weight is 395 g/mol. The molecule has 3 aromatic heterocycles. The summed E-state index contributed by atoms with van der Waals surface area (Å²) in [6.45, 7) is 2.02. The van der Waals surface area contributed by atoms with Crippen LogP contribution in [0.25, 0.3) is 44.0 Å². The highest BCUT2D eigenvalue weighted by molar-refractivity contribution is 6.11. The van der Waals surface area contributed by atoms with Crippen LogP contribution in [0.5, 0.6) is 0 Å². The number of carbonyl (C=O) groups excluding carboxylic acids is 1. The fraction of sp³-hybridized carbons (Fsp3) is 0.208. The van der Waals surface area contributed by atoms with Gasteiger partial charge < -0.3 is 10.7 Å². The van der Waals surface area contributed by atoms with Crippen LogP contribution in [0.15, 0.2) is 36.4 Å². The number of aryl methyl sites for hydroxylation is 2. The molecule has 1 amide bonds. The second-order valence-electron chi connectivity index (χ2n) is 8.16. The smallest absolute Gasteiger partial charge is 0.265 e. The number of pyridine rings is 1. The van der Waals surface area contributed by atoms with Gasteiger partial charge in [0.15, 0.2) is 0 Å². The first-order valence-corrected chi connectivity index (χ1v) is 10.3. The van der Waals surface area contributed by atoms with Gasteiger partial charge in [0.2, 0.25) is 0 Å². The van der Waals surface area contributed by atoms with Gasteiger partial charge >= 0.3 is 0 Å². The van der Waals surface area contributed by atoms with Crippen LogP contribution in [0.3, 0.4) is 0 Å². The highest BCUT2D eigenvalue weighted by Gasteiger charge is 2.22. The molecular formula is C24H21N5O. The fourth-order valence-electron chi connectivity index (χ4n) is 4.90. The number of carbonyl (C=O) groups is 1. The largest absolute Gasteiger partial charge is 0.364 e. The molecule has 0 unspecified atom stereocenters. The number of hydrogen-bond acceptors (Lipinski definition) is 3. The number of rotatable bonds is 2. The van der Waals surface area contributed by atoms with Crippen molar-refractivity contribution in [3.8, 4) is 11.3 Å². The van der Waals surface area contributed by atoms with E-state index in [0.29, 0.717) is 5.69 Å². The Morgan fingerprint density at radius 3 is 2.63 bits per heavy atom. The van der Waals surface area contributed by atoms with Crippen LogP contribution in [0.4, 0.5) is 0 Å². The van der Waals surface area contributed by atoms with Crippen molar-refractivity contribution in [2.45, 2.75) is 32.6 Å². The Kier molecular flexibility index (Phi) is 3.53. The Hall–Kier alpha value is -3.67. The Labute approximate surface area is 172 Å². The number of nitrogens with one attached hydrogen (secondary N) is 2. The fourth-order valence-corrected chi connectivity index (χ4v) is 4.90. The number of nitrogens with two attached hydrogens (primary N) is 1. The number of aromatic amines is 2. The van der Waals surface area contributed by atoms with E-state index in [1.54, 1.807) is 0 Å². The molecule has 0 radical (unpaired) electrons. The monoisotopic (exact) mass is 395 g/mol. The number of benzene rings is 2. The van der Waals surface area contributed by atoms with Crippen LogP contribution in [0.2, 0.25) is 0 Å². The Morgan fingerprint density at radius 1 is 1.00 bits per heavy atom. The van der Waals surface area contributed by atoms with E-state index >= 15 is 0 Å². The summed E-state index contributed by atoms with van der Waals surface area (Å²) >= 11 is 0. The lowest BCUT2D eigenvalue weighted by Crippen LogP contribution is -2.10. The summed E-state index contributed by atoms with van der Waals surface area (Å²) in [5.74, 6) is -0.443. The lowest BCUT2D eigenvalue weighted by Gasteiger charge is -2.22. The Morgan fingerprint density at radius 2 is 1.80 bits per heavy atom. The average Bonchev–Trinajstić information content (AvgIpc) is 3.36. The summed E-state index contributed by atoms with van der Waals surface area (Å²) in [5, 5.41) is 10.7. The highest BCUT2D eigenvalue weighted by Crippen LogP contribution is 2.39. The quantitative estimate of drug-likeness (QED) is 0.409. The van der Waals surface area contributed by atoms with Crippen molar-refractivity contribution in [2.24, 2.45) is 5.73 Å². The molecule has 3 heterocycles. The van der Waals surface area contributed by atoms with Crippen LogP contribution >= 0.6 is 0 Å². The molecule has 6 rings (SSSR count). The Balaban J connectivity index is 1.68.